The number of nitrogens with zero attached hydrogens (tertiary/aromatic N) is 2. The largest absolute Gasteiger partial charge is 0.368 e. The van der Waals surface area contributed by atoms with E-state index in [4.69, 9.17) is 11.6 Å². The van der Waals surface area contributed by atoms with E-state index in [9.17, 15) is 4.79 Å². The highest BCUT2D eigenvalue weighted by molar-refractivity contribution is 6.30. The first-order valence-electron chi connectivity index (χ1n) is 7.66. The molecule has 0 aromatic heterocycles. The maximum atomic E-state index is 11.4. The summed E-state index contributed by atoms with van der Waals surface area (Å²) in [4.78, 5) is 15.7. The van der Waals surface area contributed by atoms with Gasteiger partial charge in [-0.2, -0.15) is 0 Å². The number of piperazine rings is 1. The van der Waals surface area contributed by atoms with Gasteiger partial charge in [0.15, 0.2) is 0 Å². The van der Waals surface area contributed by atoms with Gasteiger partial charge in [0.1, 0.15) is 0 Å². The van der Waals surface area contributed by atoms with Crippen LogP contribution in [0.25, 0.3) is 0 Å². The van der Waals surface area contributed by atoms with Gasteiger partial charge in [0.05, 0.1) is 0 Å². The van der Waals surface area contributed by atoms with Crippen molar-refractivity contribution in [1.82, 2.24) is 10.2 Å². The molecule has 5 heteroatoms. The van der Waals surface area contributed by atoms with E-state index in [0.29, 0.717) is 6.04 Å². The third-order valence-electron chi connectivity index (χ3n) is 4.27. The average Bonchev–Trinajstić information content (AvgIpc) is 3.29. The summed E-state index contributed by atoms with van der Waals surface area (Å²) in [7, 11) is 0. The zero-order valence-electron chi connectivity index (χ0n) is 12.4. The van der Waals surface area contributed by atoms with Gasteiger partial charge in [0, 0.05) is 56.4 Å². The summed E-state index contributed by atoms with van der Waals surface area (Å²) in [6, 6.07) is 6.81. The molecule has 0 bridgehead atoms. The van der Waals surface area contributed by atoms with Crippen LogP contribution in [-0.2, 0) is 11.3 Å². The van der Waals surface area contributed by atoms with Gasteiger partial charge in [0.2, 0.25) is 5.91 Å². The van der Waals surface area contributed by atoms with E-state index >= 15 is 0 Å². The third-order valence-corrected chi connectivity index (χ3v) is 4.50. The molecule has 0 spiro atoms. The molecule has 0 radical (unpaired) electrons. The molecular formula is C16H22ClN3O. The van der Waals surface area contributed by atoms with Crippen LogP contribution in [-0.4, -0.2) is 43.0 Å². The van der Waals surface area contributed by atoms with E-state index in [0.717, 1.165) is 37.7 Å². The number of benzene rings is 1. The summed E-state index contributed by atoms with van der Waals surface area (Å²) in [5, 5.41) is 4.34. The molecule has 2 fully saturated rings. The quantitative estimate of drug-likeness (QED) is 0.927. The number of carbonyl (C=O) groups excluding carboxylic acids is 1. The molecule has 1 amide bonds. The number of amides is 1. The molecule has 2 aliphatic rings. The highest BCUT2D eigenvalue weighted by Crippen LogP contribution is 2.27. The number of hydrogen-bond acceptors (Lipinski definition) is 3. The second kappa shape index (κ2) is 6.24. The molecule has 1 heterocycles. The molecule has 1 aromatic rings. The van der Waals surface area contributed by atoms with Crippen LogP contribution in [0, 0.1) is 0 Å². The Morgan fingerprint density at radius 2 is 2.00 bits per heavy atom. The first-order chi connectivity index (χ1) is 10.1. The minimum Gasteiger partial charge on any atom is -0.368 e. The molecule has 1 N–H and O–H groups in total. The fraction of sp³-hybridized carbons (Fsp3) is 0.562. The Balaban J connectivity index is 1.70. The molecule has 1 aliphatic heterocycles. The van der Waals surface area contributed by atoms with Crippen molar-refractivity contribution in [2.24, 2.45) is 0 Å². The molecule has 0 unspecified atom stereocenters. The minimum atomic E-state index is 0.168. The van der Waals surface area contributed by atoms with Crippen molar-refractivity contribution in [3.8, 4) is 0 Å². The van der Waals surface area contributed by atoms with Gasteiger partial charge in [0.25, 0.3) is 0 Å². The first-order valence-corrected chi connectivity index (χ1v) is 8.03. The van der Waals surface area contributed by atoms with Gasteiger partial charge in [-0.05, 0) is 36.6 Å². The summed E-state index contributed by atoms with van der Waals surface area (Å²) in [5.41, 5.74) is 2.50. The van der Waals surface area contributed by atoms with E-state index in [1.54, 1.807) is 6.92 Å². The van der Waals surface area contributed by atoms with E-state index in [1.807, 2.05) is 11.0 Å². The summed E-state index contributed by atoms with van der Waals surface area (Å²) < 4.78 is 0. The van der Waals surface area contributed by atoms with Crippen molar-refractivity contribution >= 4 is 23.2 Å². The highest BCUT2D eigenvalue weighted by atomic mass is 35.5. The van der Waals surface area contributed by atoms with Crippen LogP contribution >= 0.6 is 11.6 Å². The number of carbonyl (C=O) groups is 1. The van der Waals surface area contributed by atoms with Crippen molar-refractivity contribution in [2.45, 2.75) is 32.4 Å². The predicted molar refractivity (Wildman–Crippen MR) is 85.8 cm³/mol. The fourth-order valence-electron chi connectivity index (χ4n) is 2.81. The van der Waals surface area contributed by atoms with E-state index < -0.39 is 0 Å². The number of rotatable bonds is 4. The number of halogens is 1. The first kappa shape index (κ1) is 14.7. The van der Waals surface area contributed by atoms with Crippen LogP contribution in [0.1, 0.15) is 25.3 Å². The molecule has 4 nitrogen and oxygen atoms in total. The standard InChI is InChI=1S/C16H22ClN3O/c1-12(21)19-6-8-20(9-7-19)16-5-2-14(17)10-13(16)11-18-15-3-4-15/h2,5,10,15,18H,3-4,6-9,11H2,1H3. The van der Waals surface area contributed by atoms with Gasteiger partial charge < -0.3 is 15.1 Å². The normalized spacial score (nSPS) is 19.0. The summed E-state index contributed by atoms with van der Waals surface area (Å²) >= 11 is 6.15. The van der Waals surface area contributed by atoms with Crippen molar-refractivity contribution in [3.05, 3.63) is 28.8 Å². The van der Waals surface area contributed by atoms with E-state index in [1.165, 1.54) is 24.1 Å². The second-order valence-electron chi connectivity index (χ2n) is 5.92. The third kappa shape index (κ3) is 3.69. The Morgan fingerprint density at radius 3 is 2.62 bits per heavy atom. The van der Waals surface area contributed by atoms with E-state index in [2.05, 4.69) is 22.3 Å². The SMILES string of the molecule is CC(=O)N1CCN(c2ccc(Cl)cc2CNC2CC2)CC1. The smallest absolute Gasteiger partial charge is 0.219 e. The molecule has 0 atom stereocenters. The van der Waals surface area contributed by atoms with Crippen molar-refractivity contribution in [1.29, 1.82) is 0 Å². The Hall–Kier alpha value is -1.26. The Morgan fingerprint density at radius 1 is 1.29 bits per heavy atom. The van der Waals surface area contributed by atoms with Gasteiger partial charge in [-0.1, -0.05) is 11.6 Å². The number of anilines is 1. The maximum Gasteiger partial charge on any atom is 0.219 e. The molecule has 114 valence electrons. The molecule has 21 heavy (non-hydrogen) atoms. The van der Waals surface area contributed by atoms with Gasteiger partial charge in [-0.15, -0.1) is 0 Å². The average molecular weight is 308 g/mol. The summed E-state index contributed by atoms with van der Waals surface area (Å²) in [5.74, 6) is 0.168. The number of nitrogens with one attached hydrogen (secondary N) is 1. The minimum absolute atomic E-state index is 0.168. The molecule has 3 rings (SSSR count). The summed E-state index contributed by atoms with van der Waals surface area (Å²) in [6.07, 6.45) is 2.57. The molecule has 1 saturated carbocycles. The Labute approximate surface area is 131 Å². The lowest BCUT2D eigenvalue weighted by molar-refractivity contribution is -0.129. The maximum absolute atomic E-state index is 11.4. The molecule has 1 saturated heterocycles. The Bertz CT molecular complexity index is 522. The van der Waals surface area contributed by atoms with Crippen LogP contribution in [0.2, 0.25) is 5.02 Å². The lowest BCUT2D eigenvalue weighted by Gasteiger charge is -2.36. The number of hydrogen-bond donors (Lipinski definition) is 1. The highest BCUT2D eigenvalue weighted by Gasteiger charge is 2.23. The molecule has 1 aliphatic carbocycles. The van der Waals surface area contributed by atoms with Crippen molar-refractivity contribution < 1.29 is 4.79 Å². The zero-order valence-corrected chi connectivity index (χ0v) is 13.2. The lowest BCUT2D eigenvalue weighted by Crippen LogP contribution is -2.48. The molecule has 1 aromatic carbocycles. The van der Waals surface area contributed by atoms with Crippen molar-refractivity contribution in [2.75, 3.05) is 31.1 Å². The van der Waals surface area contributed by atoms with Crippen LogP contribution in [0.4, 0.5) is 5.69 Å². The van der Waals surface area contributed by atoms with Crippen LogP contribution in [0.3, 0.4) is 0 Å². The lowest BCUT2D eigenvalue weighted by atomic mass is 10.1. The van der Waals surface area contributed by atoms with Gasteiger partial charge in [-0.3, -0.25) is 4.79 Å². The second-order valence-corrected chi connectivity index (χ2v) is 6.36. The topological polar surface area (TPSA) is 35.6 Å². The van der Waals surface area contributed by atoms with Crippen LogP contribution in [0.15, 0.2) is 18.2 Å². The molecular weight excluding hydrogens is 286 g/mol. The van der Waals surface area contributed by atoms with Crippen LogP contribution in [0.5, 0.6) is 0 Å². The monoisotopic (exact) mass is 307 g/mol. The van der Waals surface area contributed by atoms with Gasteiger partial charge in [-0.25, -0.2) is 0 Å². The fourth-order valence-corrected chi connectivity index (χ4v) is 3.00. The Kier molecular flexibility index (Phi) is 4.36. The van der Waals surface area contributed by atoms with Gasteiger partial charge >= 0.3 is 0 Å². The van der Waals surface area contributed by atoms with Crippen molar-refractivity contribution in [3.63, 3.8) is 0 Å². The summed E-state index contributed by atoms with van der Waals surface area (Å²) in [6.45, 7) is 5.88. The van der Waals surface area contributed by atoms with E-state index in [-0.39, 0.29) is 5.91 Å². The predicted octanol–water partition coefficient (Wildman–Crippen LogP) is 2.26. The van der Waals surface area contributed by atoms with Crippen LogP contribution < -0.4 is 10.2 Å². The zero-order chi connectivity index (χ0) is 14.8.